The van der Waals surface area contributed by atoms with Gasteiger partial charge in [0.05, 0.1) is 6.61 Å². The van der Waals surface area contributed by atoms with E-state index in [1.165, 1.54) is 0 Å². The van der Waals surface area contributed by atoms with Crippen molar-refractivity contribution in [2.24, 2.45) is 4.99 Å². The highest BCUT2D eigenvalue weighted by molar-refractivity contribution is 5.68. The van der Waals surface area contributed by atoms with Crippen molar-refractivity contribution in [1.29, 1.82) is 0 Å². The monoisotopic (exact) mass is 220 g/mol. The number of ether oxygens (including phenoxy) is 1. The SMILES string of the molecule is CC([O-])=N[C@@H]1[C@@H](O)[C@@H](O)[C@@H](CO)O[C@@H]1O. The highest BCUT2D eigenvalue weighted by Crippen LogP contribution is 2.21. The summed E-state index contributed by atoms with van der Waals surface area (Å²) in [5.41, 5.74) is 0. The number of aliphatic hydroxyl groups excluding tert-OH is 4. The molecule has 7 nitrogen and oxygen atoms in total. The predicted molar refractivity (Wildman–Crippen MR) is 46.9 cm³/mol. The number of aliphatic imine (C=N–C) groups is 1. The normalized spacial score (nSPS) is 43.0. The van der Waals surface area contributed by atoms with Crippen LogP contribution in [0.3, 0.4) is 0 Å². The Morgan fingerprint density at radius 1 is 1.33 bits per heavy atom. The van der Waals surface area contributed by atoms with E-state index in [9.17, 15) is 20.4 Å². The third-order valence-electron chi connectivity index (χ3n) is 2.20. The molecule has 0 aromatic carbocycles. The Balaban J connectivity index is 2.79. The van der Waals surface area contributed by atoms with Crippen molar-refractivity contribution in [2.45, 2.75) is 37.6 Å². The Morgan fingerprint density at radius 3 is 2.40 bits per heavy atom. The van der Waals surface area contributed by atoms with Gasteiger partial charge in [-0.1, -0.05) is 0 Å². The highest BCUT2D eigenvalue weighted by Gasteiger charge is 2.43. The van der Waals surface area contributed by atoms with Crippen molar-refractivity contribution in [3.05, 3.63) is 0 Å². The van der Waals surface area contributed by atoms with Crippen LogP contribution >= 0.6 is 0 Å². The molecule has 1 rings (SSSR count). The van der Waals surface area contributed by atoms with Crippen LogP contribution in [-0.2, 0) is 4.74 Å². The van der Waals surface area contributed by atoms with Crippen LogP contribution in [0, 0.1) is 0 Å². The molecule has 0 saturated carbocycles. The zero-order valence-corrected chi connectivity index (χ0v) is 8.15. The van der Waals surface area contributed by atoms with Crippen molar-refractivity contribution in [2.75, 3.05) is 6.61 Å². The van der Waals surface area contributed by atoms with Crippen LogP contribution in [0.4, 0.5) is 0 Å². The fourth-order valence-corrected chi connectivity index (χ4v) is 1.43. The van der Waals surface area contributed by atoms with E-state index >= 15 is 0 Å². The fraction of sp³-hybridized carbons (Fsp3) is 0.875. The molecule has 1 aliphatic rings. The van der Waals surface area contributed by atoms with E-state index in [2.05, 4.69) is 4.99 Å². The van der Waals surface area contributed by atoms with Crippen molar-refractivity contribution >= 4 is 5.90 Å². The molecule has 15 heavy (non-hydrogen) atoms. The lowest BCUT2D eigenvalue weighted by Crippen LogP contribution is -2.58. The Labute approximate surface area is 86.3 Å². The molecule has 7 heteroatoms. The summed E-state index contributed by atoms with van der Waals surface area (Å²) < 4.78 is 4.78. The van der Waals surface area contributed by atoms with Crippen LogP contribution in [0.25, 0.3) is 0 Å². The van der Waals surface area contributed by atoms with Crippen molar-refractivity contribution < 1.29 is 30.3 Å². The van der Waals surface area contributed by atoms with Gasteiger partial charge in [-0.15, -0.1) is 0 Å². The molecule has 4 N–H and O–H groups in total. The van der Waals surface area contributed by atoms with Crippen molar-refractivity contribution in [3.8, 4) is 0 Å². The third-order valence-corrected chi connectivity index (χ3v) is 2.20. The highest BCUT2D eigenvalue weighted by atomic mass is 16.6. The van der Waals surface area contributed by atoms with E-state index < -0.39 is 43.1 Å². The molecule has 0 unspecified atom stereocenters. The number of hydrogen-bond acceptors (Lipinski definition) is 7. The number of hydrogen-bond donors (Lipinski definition) is 4. The second kappa shape index (κ2) is 4.86. The Morgan fingerprint density at radius 2 is 1.93 bits per heavy atom. The molecule has 0 spiro atoms. The van der Waals surface area contributed by atoms with Gasteiger partial charge in [-0.2, -0.15) is 0 Å². The standard InChI is InChI=1S/C8H15NO6/c1-3(11)9-5-7(13)6(12)4(2-10)15-8(5)14/h4-8,10,12-14H,2H2,1H3,(H,9,11)/p-1/t4-,5-,6+,7-,8+/m1/s1. The van der Waals surface area contributed by atoms with Gasteiger partial charge in [-0.3, -0.25) is 4.99 Å². The van der Waals surface area contributed by atoms with Gasteiger partial charge in [0.2, 0.25) is 0 Å². The fourth-order valence-electron chi connectivity index (χ4n) is 1.43. The Hall–Kier alpha value is -0.730. The smallest absolute Gasteiger partial charge is 0.180 e. The van der Waals surface area contributed by atoms with Gasteiger partial charge in [0, 0.05) is 0 Å². The van der Waals surface area contributed by atoms with Gasteiger partial charge in [-0.25, -0.2) is 0 Å². The minimum Gasteiger partial charge on any atom is -0.862 e. The first-order chi connectivity index (χ1) is 6.97. The van der Waals surface area contributed by atoms with Crippen LogP contribution in [0.1, 0.15) is 6.92 Å². The van der Waals surface area contributed by atoms with Gasteiger partial charge in [0.15, 0.2) is 6.29 Å². The summed E-state index contributed by atoms with van der Waals surface area (Å²) in [6, 6.07) is -1.22. The van der Waals surface area contributed by atoms with E-state index in [4.69, 9.17) is 9.84 Å². The van der Waals surface area contributed by atoms with Gasteiger partial charge in [-0.05, 0) is 12.8 Å². The number of nitrogens with zero attached hydrogens (tertiary/aromatic N) is 1. The lowest BCUT2D eigenvalue weighted by Gasteiger charge is -2.38. The summed E-state index contributed by atoms with van der Waals surface area (Å²) in [5, 5.41) is 47.7. The molecule has 5 atom stereocenters. The average Bonchev–Trinajstić information content (AvgIpc) is 2.18. The zero-order valence-electron chi connectivity index (χ0n) is 8.15. The number of rotatable bonds is 2. The first-order valence-corrected chi connectivity index (χ1v) is 4.49. The molecule has 1 fully saturated rings. The van der Waals surface area contributed by atoms with Gasteiger partial charge in [0.25, 0.3) is 0 Å². The van der Waals surface area contributed by atoms with Crippen molar-refractivity contribution in [1.82, 2.24) is 0 Å². The van der Waals surface area contributed by atoms with Gasteiger partial charge < -0.3 is 30.3 Å². The minimum absolute atomic E-state index is 0.540. The maximum absolute atomic E-state index is 10.7. The molecule has 0 amide bonds. The lowest BCUT2D eigenvalue weighted by atomic mass is 9.97. The summed E-state index contributed by atoms with van der Waals surface area (Å²) in [4.78, 5) is 3.41. The number of aliphatic hydroxyl groups is 4. The van der Waals surface area contributed by atoms with Crippen LogP contribution in [0.2, 0.25) is 0 Å². The summed E-state index contributed by atoms with van der Waals surface area (Å²) in [5.74, 6) is -0.587. The topological polar surface area (TPSA) is 126 Å². The molecular formula is C8H14NO6-. The molecule has 0 aromatic heterocycles. The predicted octanol–water partition coefficient (Wildman–Crippen LogP) is -3.43. The van der Waals surface area contributed by atoms with Crippen LogP contribution in [0.15, 0.2) is 4.99 Å². The van der Waals surface area contributed by atoms with E-state index in [1.807, 2.05) is 0 Å². The zero-order chi connectivity index (χ0) is 11.6. The largest absolute Gasteiger partial charge is 0.862 e. The molecular weight excluding hydrogens is 206 g/mol. The summed E-state index contributed by atoms with van der Waals surface area (Å²) >= 11 is 0. The molecule has 1 saturated heterocycles. The molecule has 0 bridgehead atoms. The van der Waals surface area contributed by atoms with E-state index in [0.29, 0.717) is 0 Å². The van der Waals surface area contributed by atoms with Crippen LogP contribution in [-0.4, -0.2) is 63.6 Å². The minimum atomic E-state index is -1.51. The molecule has 0 aromatic rings. The quantitative estimate of drug-likeness (QED) is 0.283. The third kappa shape index (κ3) is 2.64. The molecule has 0 aliphatic carbocycles. The summed E-state index contributed by atoms with van der Waals surface area (Å²) in [6.45, 7) is 0.617. The average molecular weight is 220 g/mol. The molecule has 1 heterocycles. The second-order valence-electron chi connectivity index (χ2n) is 3.37. The molecule has 0 radical (unpaired) electrons. The van der Waals surface area contributed by atoms with E-state index in [1.54, 1.807) is 0 Å². The van der Waals surface area contributed by atoms with Gasteiger partial charge >= 0.3 is 0 Å². The lowest BCUT2D eigenvalue weighted by molar-refractivity contribution is -0.253. The first kappa shape index (κ1) is 12.3. The van der Waals surface area contributed by atoms with Crippen LogP contribution in [0.5, 0.6) is 0 Å². The van der Waals surface area contributed by atoms with Crippen LogP contribution < -0.4 is 5.11 Å². The van der Waals surface area contributed by atoms with Gasteiger partial charge in [0.1, 0.15) is 24.4 Å². The Bertz CT molecular complexity index is 241. The Kier molecular flexibility index (Phi) is 4.00. The van der Waals surface area contributed by atoms with E-state index in [-0.39, 0.29) is 0 Å². The second-order valence-corrected chi connectivity index (χ2v) is 3.37. The van der Waals surface area contributed by atoms with E-state index in [0.717, 1.165) is 6.92 Å². The summed E-state index contributed by atoms with van der Waals surface area (Å²) in [7, 11) is 0. The summed E-state index contributed by atoms with van der Waals surface area (Å²) in [6.07, 6.45) is -5.40. The molecule has 1 aliphatic heterocycles. The first-order valence-electron chi connectivity index (χ1n) is 4.49. The van der Waals surface area contributed by atoms with Crippen molar-refractivity contribution in [3.63, 3.8) is 0 Å². The molecule has 88 valence electrons. The maximum atomic E-state index is 10.7. The maximum Gasteiger partial charge on any atom is 0.180 e.